The second-order valence-corrected chi connectivity index (χ2v) is 3.74. The first-order valence-corrected chi connectivity index (χ1v) is 4.43. The largest absolute Gasteiger partial charge is 0.224 e. The Balaban J connectivity index is 2.61. The molecule has 0 aliphatic carbocycles. The maximum absolute atomic E-state index is 12.1. The molecule has 0 spiro atoms. The third-order valence-electron chi connectivity index (χ3n) is 0.723. The van der Waals surface area contributed by atoms with E-state index in [0.29, 0.717) is 0 Å². The number of hydrogen-bond acceptors (Lipinski definition) is 3. The van der Waals surface area contributed by atoms with Gasteiger partial charge >= 0.3 is 0 Å². The summed E-state index contributed by atoms with van der Waals surface area (Å²) in [5.74, 6) is 0.586. The maximum Gasteiger partial charge on any atom is 0.224 e. The van der Waals surface area contributed by atoms with E-state index >= 15 is 0 Å². The Kier molecular flexibility index (Phi) is 2.48. The molecule has 0 atom stereocenters. The van der Waals surface area contributed by atoms with Gasteiger partial charge in [0, 0.05) is 5.38 Å². The van der Waals surface area contributed by atoms with Gasteiger partial charge in [0.2, 0.25) is 5.95 Å². The standard InChI is InChI=1S/C5H6FNS2/c1-2-8-5-7-4(6)3-9-5/h3H,2H2,1H3. The van der Waals surface area contributed by atoms with Crippen molar-refractivity contribution >= 4 is 23.1 Å². The molecule has 0 saturated heterocycles. The van der Waals surface area contributed by atoms with E-state index in [1.807, 2.05) is 6.92 Å². The molecular weight excluding hydrogens is 157 g/mol. The van der Waals surface area contributed by atoms with Gasteiger partial charge in [-0.3, -0.25) is 0 Å². The van der Waals surface area contributed by atoms with Crippen LogP contribution in [0.3, 0.4) is 0 Å². The van der Waals surface area contributed by atoms with Crippen LogP contribution in [-0.2, 0) is 0 Å². The third kappa shape index (κ3) is 1.95. The van der Waals surface area contributed by atoms with E-state index in [9.17, 15) is 4.39 Å². The maximum atomic E-state index is 12.1. The quantitative estimate of drug-likeness (QED) is 0.621. The summed E-state index contributed by atoms with van der Waals surface area (Å²) in [5.41, 5.74) is 0. The van der Waals surface area contributed by atoms with Crippen LogP contribution in [0.25, 0.3) is 0 Å². The molecule has 1 rings (SSSR count). The van der Waals surface area contributed by atoms with Crippen LogP contribution < -0.4 is 0 Å². The smallest absolute Gasteiger partial charge is 0.201 e. The van der Waals surface area contributed by atoms with Crippen molar-refractivity contribution in [1.29, 1.82) is 0 Å². The van der Waals surface area contributed by atoms with Gasteiger partial charge in [-0.15, -0.1) is 11.3 Å². The molecule has 0 N–H and O–H groups in total. The minimum Gasteiger partial charge on any atom is -0.201 e. The molecule has 1 aromatic rings. The first-order valence-electron chi connectivity index (χ1n) is 2.56. The first-order chi connectivity index (χ1) is 4.33. The number of nitrogens with zero attached hydrogens (tertiary/aromatic N) is 1. The minimum absolute atomic E-state index is 0.365. The molecule has 1 nitrogen and oxygen atoms in total. The number of hydrogen-bond donors (Lipinski definition) is 0. The van der Waals surface area contributed by atoms with Crippen LogP contribution in [0.2, 0.25) is 0 Å². The summed E-state index contributed by atoms with van der Waals surface area (Å²) >= 11 is 2.91. The zero-order valence-corrected chi connectivity index (χ0v) is 6.56. The summed E-state index contributed by atoms with van der Waals surface area (Å²) in [6.07, 6.45) is 0. The lowest BCUT2D eigenvalue weighted by Gasteiger charge is -1.84. The molecule has 0 fully saturated rings. The molecule has 0 aliphatic heterocycles. The molecule has 0 amide bonds. The van der Waals surface area contributed by atoms with Crippen molar-refractivity contribution < 1.29 is 4.39 Å². The molecule has 0 bridgehead atoms. The Morgan fingerprint density at radius 3 is 3.11 bits per heavy atom. The number of aromatic nitrogens is 1. The van der Waals surface area contributed by atoms with E-state index < -0.39 is 0 Å². The Morgan fingerprint density at radius 2 is 2.67 bits per heavy atom. The van der Waals surface area contributed by atoms with Gasteiger partial charge in [0.25, 0.3) is 0 Å². The Hall–Kier alpha value is -0.0900. The second-order valence-electron chi connectivity index (χ2n) is 1.37. The minimum atomic E-state index is -0.365. The number of thiazole rings is 1. The molecule has 0 aromatic carbocycles. The lowest BCUT2D eigenvalue weighted by molar-refractivity contribution is 0.585. The molecule has 9 heavy (non-hydrogen) atoms. The van der Waals surface area contributed by atoms with Crippen molar-refractivity contribution in [2.45, 2.75) is 11.3 Å². The number of halogens is 1. The van der Waals surface area contributed by atoms with Gasteiger partial charge in [0.05, 0.1) is 0 Å². The zero-order chi connectivity index (χ0) is 6.69. The highest BCUT2D eigenvalue weighted by Crippen LogP contribution is 2.20. The van der Waals surface area contributed by atoms with E-state index in [-0.39, 0.29) is 5.95 Å². The van der Waals surface area contributed by atoms with Crippen LogP contribution in [0.15, 0.2) is 9.72 Å². The molecule has 0 radical (unpaired) electrons. The molecule has 0 unspecified atom stereocenters. The Morgan fingerprint density at radius 1 is 1.89 bits per heavy atom. The van der Waals surface area contributed by atoms with Crippen molar-refractivity contribution in [3.8, 4) is 0 Å². The summed E-state index contributed by atoms with van der Waals surface area (Å²) < 4.78 is 13.0. The fourth-order valence-corrected chi connectivity index (χ4v) is 1.99. The predicted octanol–water partition coefficient (Wildman–Crippen LogP) is 2.39. The average molecular weight is 163 g/mol. The Bertz CT molecular complexity index is 187. The average Bonchev–Trinajstić information content (AvgIpc) is 2.17. The molecular formula is C5H6FNS2. The SMILES string of the molecule is CCSc1nc(F)cs1. The number of thioether (sulfide) groups is 1. The van der Waals surface area contributed by atoms with Crippen molar-refractivity contribution in [2.24, 2.45) is 0 Å². The van der Waals surface area contributed by atoms with Gasteiger partial charge in [0.1, 0.15) is 0 Å². The van der Waals surface area contributed by atoms with Crippen molar-refractivity contribution in [2.75, 3.05) is 5.75 Å². The summed E-state index contributed by atoms with van der Waals surface area (Å²) in [6.45, 7) is 2.02. The summed E-state index contributed by atoms with van der Waals surface area (Å²) in [7, 11) is 0. The van der Waals surface area contributed by atoms with Crippen molar-refractivity contribution in [3.05, 3.63) is 11.3 Å². The normalized spacial score (nSPS) is 10.0. The van der Waals surface area contributed by atoms with Crippen molar-refractivity contribution in [3.63, 3.8) is 0 Å². The topological polar surface area (TPSA) is 12.9 Å². The molecule has 0 saturated carbocycles. The Labute approximate surface area is 61.3 Å². The van der Waals surface area contributed by atoms with Crippen molar-refractivity contribution in [1.82, 2.24) is 4.98 Å². The van der Waals surface area contributed by atoms with Crippen LogP contribution in [0.4, 0.5) is 4.39 Å². The van der Waals surface area contributed by atoms with Crippen LogP contribution >= 0.6 is 23.1 Å². The molecule has 1 heterocycles. The molecule has 4 heteroatoms. The second kappa shape index (κ2) is 3.17. The molecule has 50 valence electrons. The molecule has 1 aromatic heterocycles. The summed E-state index contributed by atoms with van der Waals surface area (Å²) in [6, 6.07) is 0. The van der Waals surface area contributed by atoms with Gasteiger partial charge in [0.15, 0.2) is 4.34 Å². The van der Waals surface area contributed by atoms with E-state index in [1.54, 1.807) is 11.8 Å². The zero-order valence-electron chi connectivity index (χ0n) is 4.93. The van der Waals surface area contributed by atoms with E-state index in [1.165, 1.54) is 16.7 Å². The van der Waals surface area contributed by atoms with E-state index in [2.05, 4.69) is 4.98 Å². The first kappa shape index (κ1) is 7.02. The lowest BCUT2D eigenvalue weighted by Crippen LogP contribution is -1.71. The van der Waals surface area contributed by atoms with Gasteiger partial charge in [-0.05, 0) is 5.75 Å². The highest BCUT2D eigenvalue weighted by molar-refractivity contribution is 8.00. The summed E-state index contributed by atoms with van der Waals surface area (Å²) in [4.78, 5) is 3.62. The molecule has 0 aliphatic rings. The van der Waals surface area contributed by atoms with Gasteiger partial charge in [-0.1, -0.05) is 18.7 Å². The highest BCUT2D eigenvalue weighted by atomic mass is 32.2. The number of rotatable bonds is 2. The van der Waals surface area contributed by atoms with Crippen LogP contribution in [0, 0.1) is 5.95 Å². The summed E-state index contributed by atoms with van der Waals surface area (Å²) in [5, 5.41) is 1.41. The van der Waals surface area contributed by atoms with Gasteiger partial charge < -0.3 is 0 Å². The van der Waals surface area contributed by atoms with Gasteiger partial charge in [-0.25, -0.2) is 4.98 Å². The fraction of sp³-hybridized carbons (Fsp3) is 0.400. The van der Waals surface area contributed by atoms with Crippen LogP contribution in [-0.4, -0.2) is 10.7 Å². The fourth-order valence-electron chi connectivity index (χ4n) is 0.429. The monoisotopic (exact) mass is 163 g/mol. The van der Waals surface area contributed by atoms with E-state index in [0.717, 1.165) is 10.1 Å². The lowest BCUT2D eigenvalue weighted by atomic mass is 11.0. The van der Waals surface area contributed by atoms with E-state index in [4.69, 9.17) is 0 Å². The third-order valence-corrected chi connectivity index (χ3v) is 2.60. The predicted molar refractivity (Wildman–Crippen MR) is 38.5 cm³/mol. The van der Waals surface area contributed by atoms with Crippen LogP contribution in [0.5, 0.6) is 0 Å². The van der Waals surface area contributed by atoms with Crippen LogP contribution in [0.1, 0.15) is 6.92 Å². The highest BCUT2D eigenvalue weighted by Gasteiger charge is 1.97. The van der Waals surface area contributed by atoms with Gasteiger partial charge in [-0.2, -0.15) is 4.39 Å².